The van der Waals surface area contributed by atoms with E-state index in [2.05, 4.69) is 20.7 Å². The van der Waals surface area contributed by atoms with E-state index in [1.807, 2.05) is 0 Å². The van der Waals surface area contributed by atoms with Crippen LogP contribution in [0.15, 0.2) is 15.7 Å². The number of aromatic nitrogens is 2. The Morgan fingerprint density at radius 2 is 2.13 bits per heavy atom. The molecule has 2 aromatic rings. The van der Waals surface area contributed by atoms with Crippen molar-refractivity contribution in [3.8, 4) is 0 Å². The normalized spacial score (nSPS) is 22.0. The van der Waals surface area contributed by atoms with E-state index >= 15 is 0 Å². The molecule has 2 aliphatic heterocycles. The third-order valence-electron chi connectivity index (χ3n) is 5.94. The molecular weight excluding hydrogens is 415 g/mol. The Bertz CT molecular complexity index is 1060. The zero-order valence-electron chi connectivity index (χ0n) is 17.1. The summed E-state index contributed by atoms with van der Waals surface area (Å²) >= 11 is 0. The van der Waals surface area contributed by atoms with Crippen molar-refractivity contribution >= 4 is 28.6 Å². The Labute approximate surface area is 175 Å². The Morgan fingerprint density at radius 1 is 1.35 bits per heavy atom. The monoisotopic (exact) mass is 437 g/mol. The smallest absolute Gasteiger partial charge is 0.342 e. The van der Waals surface area contributed by atoms with Crippen molar-refractivity contribution in [1.29, 1.82) is 0 Å². The van der Waals surface area contributed by atoms with Crippen LogP contribution in [0.3, 0.4) is 0 Å². The molecule has 0 unspecified atom stereocenters. The van der Waals surface area contributed by atoms with Crippen LogP contribution in [0.25, 0.3) is 11.1 Å². The number of hydrogen-bond donors (Lipinski definition) is 1. The van der Waals surface area contributed by atoms with Gasteiger partial charge in [-0.15, -0.1) is 0 Å². The molecule has 8 nitrogen and oxygen atoms in total. The number of carbonyl (C=O) groups excluding carboxylic acids is 2. The molecule has 166 valence electrons. The van der Waals surface area contributed by atoms with Gasteiger partial charge in [0, 0.05) is 31.1 Å². The number of alkyl halides is 3. The van der Waals surface area contributed by atoms with Crippen LogP contribution in [0.2, 0.25) is 0 Å². The summed E-state index contributed by atoms with van der Waals surface area (Å²) in [6, 6.07) is 1.05. The van der Waals surface area contributed by atoms with Crippen molar-refractivity contribution in [2.45, 2.75) is 51.6 Å². The molecule has 0 aromatic carbocycles. The van der Waals surface area contributed by atoms with Crippen molar-refractivity contribution in [2.75, 3.05) is 13.1 Å². The third kappa shape index (κ3) is 4.13. The van der Waals surface area contributed by atoms with Gasteiger partial charge in [0.15, 0.2) is 0 Å². The number of nitrogens with one attached hydrogen (secondary N) is 1. The Kier molecular flexibility index (Phi) is 5.44. The molecule has 0 spiro atoms. The molecular formula is C20H22F3N5O3. The van der Waals surface area contributed by atoms with Crippen LogP contribution in [0.4, 0.5) is 13.2 Å². The fraction of sp³-hybridized carbons (Fsp3) is 0.550. The second kappa shape index (κ2) is 7.93. The SMILES string of the molecule is CC1=NNC(=O)[C@H]1CCC(=O)N1CCC[C@H](c2cc(C(F)(F)F)c3c(C)noc3n2)C1. The van der Waals surface area contributed by atoms with E-state index < -0.39 is 17.7 Å². The van der Waals surface area contributed by atoms with Gasteiger partial charge in [-0.1, -0.05) is 5.16 Å². The number of aryl methyl sites for hydroxylation is 1. The van der Waals surface area contributed by atoms with Crippen molar-refractivity contribution in [1.82, 2.24) is 20.5 Å². The summed E-state index contributed by atoms with van der Waals surface area (Å²) in [6.07, 6.45) is -2.79. The van der Waals surface area contributed by atoms with Gasteiger partial charge in [-0.3, -0.25) is 9.59 Å². The van der Waals surface area contributed by atoms with Gasteiger partial charge in [0.05, 0.1) is 28.3 Å². The maximum absolute atomic E-state index is 13.6. The number of hydrazone groups is 1. The van der Waals surface area contributed by atoms with E-state index in [1.165, 1.54) is 6.92 Å². The van der Waals surface area contributed by atoms with Crippen molar-refractivity contribution in [3.05, 3.63) is 23.0 Å². The minimum Gasteiger partial charge on any atom is -0.342 e. The number of carbonyl (C=O) groups is 2. The van der Waals surface area contributed by atoms with E-state index in [4.69, 9.17) is 4.52 Å². The number of fused-ring (bicyclic) bond motifs is 1. The summed E-state index contributed by atoms with van der Waals surface area (Å²) < 4.78 is 45.9. The topological polar surface area (TPSA) is 101 Å². The average molecular weight is 437 g/mol. The van der Waals surface area contributed by atoms with Gasteiger partial charge >= 0.3 is 6.18 Å². The zero-order chi connectivity index (χ0) is 22.3. The third-order valence-corrected chi connectivity index (χ3v) is 5.94. The summed E-state index contributed by atoms with van der Waals surface area (Å²) in [5.74, 6) is -1.12. The molecule has 2 amide bonds. The van der Waals surface area contributed by atoms with Crippen LogP contribution in [-0.2, 0) is 15.8 Å². The van der Waals surface area contributed by atoms with E-state index in [9.17, 15) is 22.8 Å². The number of rotatable bonds is 4. The first-order valence-corrected chi connectivity index (χ1v) is 10.1. The fourth-order valence-corrected chi connectivity index (χ4v) is 4.25. The second-order valence-corrected chi connectivity index (χ2v) is 8.04. The Morgan fingerprint density at radius 3 is 2.81 bits per heavy atom. The van der Waals surface area contributed by atoms with Crippen molar-refractivity contribution in [3.63, 3.8) is 0 Å². The Hall–Kier alpha value is -2.98. The summed E-state index contributed by atoms with van der Waals surface area (Å²) in [7, 11) is 0. The molecule has 0 saturated carbocycles. The van der Waals surface area contributed by atoms with Crippen LogP contribution in [0.5, 0.6) is 0 Å². The fourth-order valence-electron chi connectivity index (χ4n) is 4.25. The van der Waals surface area contributed by atoms with Crippen molar-refractivity contribution < 1.29 is 27.3 Å². The lowest BCUT2D eigenvalue weighted by atomic mass is 9.92. The lowest BCUT2D eigenvalue weighted by Crippen LogP contribution is -2.39. The van der Waals surface area contributed by atoms with E-state index in [0.717, 1.165) is 6.07 Å². The van der Waals surface area contributed by atoms with Crippen LogP contribution >= 0.6 is 0 Å². The van der Waals surface area contributed by atoms with Gasteiger partial charge in [-0.25, -0.2) is 10.4 Å². The highest BCUT2D eigenvalue weighted by molar-refractivity contribution is 6.07. The lowest BCUT2D eigenvalue weighted by molar-refractivity contribution is -0.136. The quantitative estimate of drug-likeness (QED) is 0.792. The molecule has 2 atom stereocenters. The van der Waals surface area contributed by atoms with Gasteiger partial charge in [-0.2, -0.15) is 18.3 Å². The summed E-state index contributed by atoms with van der Waals surface area (Å²) in [5.41, 5.74) is 2.45. The molecule has 4 rings (SSSR count). The maximum atomic E-state index is 13.6. The van der Waals surface area contributed by atoms with E-state index in [0.29, 0.717) is 31.5 Å². The van der Waals surface area contributed by atoms with Crippen LogP contribution < -0.4 is 5.43 Å². The number of halogens is 3. The molecule has 1 saturated heterocycles. The molecule has 2 aromatic heterocycles. The molecule has 0 radical (unpaired) electrons. The number of nitrogens with zero attached hydrogens (tertiary/aromatic N) is 4. The Balaban J connectivity index is 1.51. The van der Waals surface area contributed by atoms with Crippen molar-refractivity contribution in [2.24, 2.45) is 11.0 Å². The van der Waals surface area contributed by atoms with Gasteiger partial charge in [0.1, 0.15) is 0 Å². The first-order chi connectivity index (χ1) is 14.6. The highest BCUT2D eigenvalue weighted by atomic mass is 19.4. The molecule has 4 heterocycles. The minimum absolute atomic E-state index is 0.133. The minimum atomic E-state index is -4.57. The van der Waals surface area contributed by atoms with E-state index in [1.54, 1.807) is 11.8 Å². The molecule has 0 bridgehead atoms. The van der Waals surface area contributed by atoms with Crippen LogP contribution in [-0.4, -0.2) is 45.7 Å². The summed E-state index contributed by atoms with van der Waals surface area (Å²) in [4.78, 5) is 30.4. The van der Waals surface area contributed by atoms with Gasteiger partial charge < -0.3 is 9.42 Å². The summed E-state index contributed by atoms with van der Waals surface area (Å²) in [6.45, 7) is 3.97. The first kappa shape index (κ1) is 21.3. The second-order valence-electron chi connectivity index (χ2n) is 8.04. The van der Waals surface area contributed by atoms with Gasteiger partial charge in [0.2, 0.25) is 11.8 Å². The predicted octanol–water partition coefficient (Wildman–Crippen LogP) is 3.16. The van der Waals surface area contributed by atoms with Crippen LogP contribution in [0.1, 0.15) is 55.5 Å². The lowest BCUT2D eigenvalue weighted by Gasteiger charge is -2.33. The maximum Gasteiger partial charge on any atom is 0.417 e. The molecule has 0 aliphatic carbocycles. The number of amides is 2. The standard InChI is InChI=1S/C20H22F3N5O3/c1-10-13(18(30)26-25-10)5-6-16(29)28-7-3-4-12(9-28)15-8-14(20(21,22)23)17-11(2)27-31-19(17)24-15/h8,12-13H,3-7,9H2,1-2H3,(H,26,30)/t12-,13-/m0/s1. The molecule has 11 heteroatoms. The number of piperidine rings is 1. The first-order valence-electron chi connectivity index (χ1n) is 10.1. The van der Waals surface area contributed by atoms with E-state index in [-0.39, 0.29) is 53.2 Å². The molecule has 1 N–H and O–H groups in total. The number of pyridine rings is 1. The molecule has 2 aliphatic rings. The molecule has 1 fully saturated rings. The highest BCUT2D eigenvalue weighted by Gasteiger charge is 2.37. The van der Waals surface area contributed by atoms with Crippen LogP contribution in [0, 0.1) is 12.8 Å². The van der Waals surface area contributed by atoms with Gasteiger partial charge in [-0.05, 0) is 39.2 Å². The molecule has 31 heavy (non-hydrogen) atoms. The average Bonchev–Trinajstić information content (AvgIpc) is 3.26. The zero-order valence-corrected chi connectivity index (χ0v) is 17.1. The van der Waals surface area contributed by atoms with Gasteiger partial charge in [0.25, 0.3) is 5.71 Å². The number of likely N-dealkylation sites (tertiary alicyclic amines) is 1. The highest BCUT2D eigenvalue weighted by Crippen LogP contribution is 2.38. The number of hydrogen-bond acceptors (Lipinski definition) is 6. The predicted molar refractivity (Wildman–Crippen MR) is 104 cm³/mol. The summed E-state index contributed by atoms with van der Waals surface area (Å²) in [5, 5.41) is 7.37. The largest absolute Gasteiger partial charge is 0.417 e.